The minimum atomic E-state index is -5.07. The van der Waals surface area contributed by atoms with Crippen LogP contribution in [0, 0.1) is 5.41 Å². The molecule has 0 aliphatic carbocycles. The molecule has 0 bridgehead atoms. The smallest absolute Gasteiger partial charge is 0.487 e. The number of para-hydroxylation sites is 2. The van der Waals surface area contributed by atoms with Crippen molar-refractivity contribution in [2.45, 2.75) is 64.0 Å². The first-order valence-electron chi connectivity index (χ1n) is 14.1. The van der Waals surface area contributed by atoms with Crippen molar-refractivity contribution in [2.75, 3.05) is 26.2 Å². The zero-order valence-corrected chi connectivity index (χ0v) is 23.2. The second-order valence-corrected chi connectivity index (χ2v) is 12.2. The van der Waals surface area contributed by atoms with Crippen molar-refractivity contribution in [3.8, 4) is 5.75 Å². The van der Waals surface area contributed by atoms with E-state index in [0.29, 0.717) is 51.0 Å². The SMILES string of the molecule is CC1(C)Cc2cccc(CN3CCC4(CCN(C(=O)c5c[nH]c6ccccc56)CC4)C(OC(=O)C(F)(F)F)C3)c2O1. The molecule has 3 aliphatic rings. The normalized spacial score (nSPS) is 22.0. The highest BCUT2D eigenvalue weighted by atomic mass is 19.4. The molecule has 1 atom stereocenters. The number of halogens is 3. The Kier molecular flexibility index (Phi) is 6.79. The third kappa shape index (κ3) is 5.29. The molecule has 10 heteroatoms. The lowest BCUT2D eigenvalue weighted by molar-refractivity contribution is -0.216. The quantitative estimate of drug-likeness (QED) is 0.421. The molecule has 1 aromatic heterocycles. The van der Waals surface area contributed by atoms with Crippen LogP contribution < -0.4 is 4.74 Å². The number of carbonyl (C=O) groups excluding carboxylic acids is 2. The van der Waals surface area contributed by atoms with Crippen LogP contribution in [0.5, 0.6) is 5.75 Å². The van der Waals surface area contributed by atoms with E-state index in [9.17, 15) is 22.8 Å². The summed E-state index contributed by atoms with van der Waals surface area (Å²) in [7, 11) is 0. The van der Waals surface area contributed by atoms with Crippen LogP contribution in [0.15, 0.2) is 48.7 Å². The fraction of sp³-hybridized carbons (Fsp3) is 0.484. The van der Waals surface area contributed by atoms with Gasteiger partial charge in [0.25, 0.3) is 5.91 Å². The first-order chi connectivity index (χ1) is 19.4. The molecule has 3 aliphatic heterocycles. The molecule has 0 radical (unpaired) electrons. The second kappa shape index (κ2) is 10.1. The molecule has 2 fully saturated rings. The van der Waals surface area contributed by atoms with Gasteiger partial charge in [0.1, 0.15) is 17.5 Å². The topological polar surface area (TPSA) is 74.9 Å². The van der Waals surface area contributed by atoms with E-state index >= 15 is 0 Å². The van der Waals surface area contributed by atoms with Crippen LogP contribution in [0.4, 0.5) is 13.2 Å². The Morgan fingerprint density at radius 1 is 1.05 bits per heavy atom. The van der Waals surface area contributed by atoms with Crippen LogP contribution in [0.3, 0.4) is 0 Å². The minimum absolute atomic E-state index is 0.112. The Morgan fingerprint density at radius 3 is 2.54 bits per heavy atom. The van der Waals surface area contributed by atoms with Gasteiger partial charge in [0.05, 0.1) is 5.56 Å². The molecule has 7 nitrogen and oxygen atoms in total. The number of fused-ring (bicyclic) bond motifs is 2. The Bertz CT molecular complexity index is 1470. The molecule has 1 amide bonds. The van der Waals surface area contributed by atoms with E-state index in [1.165, 1.54) is 0 Å². The number of carbonyl (C=O) groups is 2. The van der Waals surface area contributed by atoms with Gasteiger partial charge in [-0.05, 0) is 51.3 Å². The number of aromatic amines is 1. The van der Waals surface area contributed by atoms with Crippen molar-refractivity contribution in [1.29, 1.82) is 0 Å². The van der Waals surface area contributed by atoms with Gasteiger partial charge in [0.15, 0.2) is 0 Å². The van der Waals surface area contributed by atoms with E-state index in [2.05, 4.69) is 4.98 Å². The molecule has 2 aromatic carbocycles. The molecule has 1 unspecified atom stereocenters. The lowest BCUT2D eigenvalue weighted by Gasteiger charge is -2.51. The summed E-state index contributed by atoms with van der Waals surface area (Å²) >= 11 is 0. The first-order valence-corrected chi connectivity index (χ1v) is 14.1. The van der Waals surface area contributed by atoms with Crippen LogP contribution in [0.25, 0.3) is 10.9 Å². The van der Waals surface area contributed by atoms with Gasteiger partial charge in [0, 0.05) is 60.7 Å². The monoisotopic (exact) mass is 569 g/mol. The lowest BCUT2D eigenvalue weighted by Crippen LogP contribution is -2.57. The number of amides is 1. The summed E-state index contributed by atoms with van der Waals surface area (Å²) in [6.45, 7) is 6.14. The van der Waals surface area contributed by atoms with Gasteiger partial charge >= 0.3 is 12.1 Å². The number of likely N-dealkylation sites (tertiary alicyclic amines) is 2. The van der Waals surface area contributed by atoms with E-state index in [-0.39, 0.29) is 18.1 Å². The molecular formula is C31H34F3N3O4. The maximum Gasteiger partial charge on any atom is 0.490 e. The van der Waals surface area contributed by atoms with Crippen molar-refractivity contribution < 1.29 is 32.2 Å². The summed E-state index contributed by atoms with van der Waals surface area (Å²) in [4.78, 5) is 32.4. The second-order valence-electron chi connectivity index (χ2n) is 12.2. The van der Waals surface area contributed by atoms with Crippen LogP contribution in [0.2, 0.25) is 0 Å². The highest BCUT2D eigenvalue weighted by Gasteiger charge is 2.51. The number of hydrogen-bond acceptors (Lipinski definition) is 5. The zero-order chi connectivity index (χ0) is 29.0. The van der Waals surface area contributed by atoms with E-state index in [1.54, 1.807) is 11.1 Å². The zero-order valence-electron chi connectivity index (χ0n) is 23.2. The molecule has 41 heavy (non-hydrogen) atoms. The number of piperidine rings is 2. The number of hydrogen-bond donors (Lipinski definition) is 1. The third-order valence-corrected chi connectivity index (χ3v) is 8.95. The highest BCUT2D eigenvalue weighted by Crippen LogP contribution is 2.45. The first kappa shape index (κ1) is 27.6. The van der Waals surface area contributed by atoms with Gasteiger partial charge < -0.3 is 19.4 Å². The van der Waals surface area contributed by atoms with Crippen molar-refractivity contribution in [3.05, 3.63) is 65.4 Å². The molecule has 0 saturated carbocycles. The van der Waals surface area contributed by atoms with Gasteiger partial charge in [-0.1, -0.05) is 36.4 Å². The Morgan fingerprint density at radius 2 is 1.78 bits per heavy atom. The maximum atomic E-state index is 13.4. The lowest BCUT2D eigenvalue weighted by atomic mass is 9.69. The number of nitrogens with zero attached hydrogens (tertiary/aromatic N) is 2. The van der Waals surface area contributed by atoms with Crippen molar-refractivity contribution >= 4 is 22.8 Å². The summed E-state index contributed by atoms with van der Waals surface area (Å²) in [5.41, 5.74) is 2.59. The molecule has 3 aromatic rings. The molecule has 4 heterocycles. The van der Waals surface area contributed by atoms with E-state index < -0.39 is 23.7 Å². The summed E-state index contributed by atoms with van der Waals surface area (Å²) < 4.78 is 51.4. The summed E-state index contributed by atoms with van der Waals surface area (Å²) in [6.07, 6.45) is -2.03. The van der Waals surface area contributed by atoms with Crippen molar-refractivity contribution in [2.24, 2.45) is 5.41 Å². The minimum Gasteiger partial charge on any atom is -0.487 e. The number of esters is 1. The predicted octanol–water partition coefficient (Wildman–Crippen LogP) is 5.48. The molecular weight excluding hydrogens is 535 g/mol. The maximum absolute atomic E-state index is 13.4. The van der Waals surface area contributed by atoms with E-state index in [1.807, 2.05) is 61.2 Å². The Balaban J connectivity index is 1.18. The summed E-state index contributed by atoms with van der Waals surface area (Å²) in [5.74, 6) is -1.43. The number of nitrogens with one attached hydrogen (secondary N) is 1. The van der Waals surface area contributed by atoms with Crippen molar-refractivity contribution in [1.82, 2.24) is 14.8 Å². The molecule has 2 saturated heterocycles. The fourth-order valence-electron chi connectivity index (χ4n) is 6.75. The summed E-state index contributed by atoms with van der Waals surface area (Å²) in [6, 6.07) is 13.6. The van der Waals surface area contributed by atoms with Crippen molar-refractivity contribution in [3.63, 3.8) is 0 Å². The van der Waals surface area contributed by atoms with Crippen LogP contribution >= 0.6 is 0 Å². The van der Waals surface area contributed by atoms with Gasteiger partial charge in [-0.2, -0.15) is 13.2 Å². The third-order valence-electron chi connectivity index (χ3n) is 8.95. The number of ether oxygens (including phenoxy) is 2. The average molecular weight is 570 g/mol. The molecule has 6 rings (SSSR count). The standard InChI is InChI=1S/C31H34F3N3O4/c1-29(2)16-20-6-5-7-21(26(20)41-29)18-36-13-10-30(25(19-36)40-28(39)31(32,33)34)11-14-37(15-12-30)27(38)23-17-35-24-9-4-3-8-22(23)24/h3-9,17,25,35H,10-16,18-19H2,1-2H3. The predicted molar refractivity (Wildman–Crippen MR) is 147 cm³/mol. The number of H-pyrrole nitrogens is 1. The van der Waals surface area contributed by atoms with Crippen LogP contribution in [0.1, 0.15) is 54.6 Å². The van der Waals surface area contributed by atoms with Gasteiger partial charge in [0.2, 0.25) is 0 Å². The van der Waals surface area contributed by atoms with Gasteiger partial charge in [-0.15, -0.1) is 0 Å². The number of benzene rings is 2. The average Bonchev–Trinajstić information content (AvgIpc) is 3.50. The van der Waals surface area contributed by atoms with E-state index in [0.717, 1.165) is 34.2 Å². The molecule has 218 valence electrons. The number of aromatic nitrogens is 1. The molecule has 1 spiro atoms. The largest absolute Gasteiger partial charge is 0.490 e. The van der Waals surface area contributed by atoms with Gasteiger partial charge in [-0.3, -0.25) is 9.69 Å². The Labute approximate surface area is 236 Å². The summed E-state index contributed by atoms with van der Waals surface area (Å²) in [5, 5.41) is 0.836. The van der Waals surface area contributed by atoms with E-state index in [4.69, 9.17) is 9.47 Å². The van der Waals surface area contributed by atoms with Crippen LogP contribution in [-0.2, 0) is 22.5 Å². The highest BCUT2D eigenvalue weighted by molar-refractivity contribution is 6.06. The number of rotatable bonds is 4. The fourth-order valence-corrected chi connectivity index (χ4v) is 6.75. The Hall–Kier alpha value is -3.53. The number of alkyl halides is 3. The van der Waals surface area contributed by atoms with Gasteiger partial charge in [-0.25, -0.2) is 4.79 Å². The molecule has 1 N–H and O–H groups in total. The van der Waals surface area contributed by atoms with Crippen LogP contribution in [-0.4, -0.2) is 70.7 Å².